The van der Waals surface area contributed by atoms with E-state index >= 15 is 0 Å². The van der Waals surface area contributed by atoms with Gasteiger partial charge in [-0.25, -0.2) is 0 Å². The molecule has 3 nitrogen and oxygen atoms in total. The zero-order valence-corrected chi connectivity index (χ0v) is 10.4. The zero-order chi connectivity index (χ0) is 12.4. The summed E-state index contributed by atoms with van der Waals surface area (Å²) in [6.45, 7) is 1.68. The highest BCUT2D eigenvalue weighted by Crippen LogP contribution is 2.33. The Kier molecular flexibility index (Phi) is 4.25. The van der Waals surface area contributed by atoms with Crippen LogP contribution < -0.4 is 5.32 Å². The molecule has 0 atom stereocenters. The maximum absolute atomic E-state index is 12.2. The lowest BCUT2D eigenvalue weighted by Crippen LogP contribution is -2.38. The molecule has 16 heavy (non-hydrogen) atoms. The molecule has 0 aliphatic rings. The maximum atomic E-state index is 12.2. The molecule has 92 valence electrons. The van der Waals surface area contributed by atoms with Crippen molar-refractivity contribution < 1.29 is 13.2 Å². The summed E-state index contributed by atoms with van der Waals surface area (Å²) in [5.74, 6) is 0.300. The Balaban J connectivity index is 2.80. The first kappa shape index (κ1) is 13.8. The minimum absolute atomic E-state index is 0.0520. The fourth-order valence-electron chi connectivity index (χ4n) is 0.749. The van der Waals surface area contributed by atoms with Gasteiger partial charge in [-0.15, -0.1) is 33.4 Å². The van der Waals surface area contributed by atoms with Crippen molar-refractivity contribution in [2.45, 2.75) is 18.6 Å². The number of alkyl halides is 5. The minimum atomic E-state index is -4.48. The number of aromatic nitrogens is 2. The van der Waals surface area contributed by atoms with Gasteiger partial charge in [-0.2, -0.15) is 13.2 Å². The molecule has 0 spiro atoms. The van der Waals surface area contributed by atoms with Gasteiger partial charge in [-0.1, -0.05) is 11.3 Å². The van der Waals surface area contributed by atoms with Crippen molar-refractivity contribution in [1.82, 2.24) is 10.2 Å². The number of anilines is 1. The Morgan fingerprint density at radius 3 is 2.19 bits per heavy atom. The van der Waals surface area contributed by atoms with Gasteiger partial charge >= 0.3 is 6.18 Å². The lowest BCUT2D eigenvalue weighted by molar-refractivity contribution is -0.138. The molecule has 1 rings (SSSR count). The van der Waals surface area contributed by atoms with Crippen LogP contribution in [0.2, 0.25) is 0 Å². The van der Waals surface area contributed by atoms with Gasteiger partial charge in [0.15, 0.2) is 0 Å². The number of rotatable bonds is 4. The number of hydrogen-bond acceptors (Lipinski definition) is 4. The van der Waals surface area contributed by atoms with Gasteiger partial charge in [0.05, 0.1) is 5.54 Å². The number of halogens is 5. The van der Waals surface area contributed by atoms with Crippen molar-refractivity contribution in [1.29, 1.82) is 0 Å². The van der Waals surface area contributed by atoms with Gasteiger partial charge in [0.1, 0.15) is 0 Å². The average Bonchev–Trinajstić information content (AvgIpc) is 2.65. The van der Waals surface area contributed by atoms with Crippen LogP contribution >= 0.6 is 34.5 Å². The van der Waals surface area contributed by atoms with E-state index in [9.17, 15) is 13.2 Å². The van der Waals surface area contributed by atoms with Gasteiger partial charge in [-0.3, -0.25) is 0 Å². The van der Waals surface area contributed by atoms with E-state index in [1.165, 1.54) is 0 Å². The van der Waals surface area contributed by atoms with E-state index < -0.39 is 16.7 Å². The predicted octanol–water partition coefficient (Wildman–Crippen LogP) is 3.21. The van der Waals surface area contributed by atoms with Gasteiger partial charge < -0.3 is 5.32 Å². The van der Waals surface area contributed by atoms with Gasteiger partial charge in [0.25, 0.3) is 0 Å². The normalized spacial score (nSPS) is 12.9. The van der Waals surface area contributed by atoms with E-state index in [2.05, 4.69) is 15.5 Å². The topological polar surface area (TPSA) is 37.8 Å². The Hall–Kier alpha value is -0.270. The molecular weight excluding hydrogens is 286 g/mol. The molecule has 1 N–H and O–H groups in total. The molecule has 0 aliphatic heterocycles. The highest BCUT2D eigenvalue weighted by Gasteiger charge is 2.36. The lowest BCUT2D eigenvalue weighted by atomic mass is 10.1. The highest BCUT2D eigenvalue weighted by molar-refractivity contribution is 7.15. The van der Waals surface area contributed by atoms with Crippen molar-refractivity contribution in [3.63, 3.8) is 0 Å². The van der Waals surface area contributed by atoms with E-state index in [-0.39, 0.29) is 16.9 Å². The molecule has 0 fully saturated rings. The fourth-order valence-corrected chi connectivity index (χ4v) is 1.93. The summed E-state index contributed by atoms with van der Waals surface area (Å²) in [6, 6.07) is 0. The zero-order valence-electron chi connectivity index (χ0n) is 8.11. The largest absolute Gasteiger partial charge is 0.445 e. The summed E-state index contributed by atoms with van der Waals surface area (Å²) in [4.78, 5) is 0. The van der Waals surface area contributed by atoms with E-state index in [0.717, 1.165) is 0 Å². The number of nitrogens with one attached hydrogen (secondary N) is 1. The number of nitrogens with zero attached hydrogens (tertiary/aromatic N) is 2. The summed E-state index contributed by atoms with van der Waals surface area (Å²) in [6.07, 6.45) is -4.48. The summed E-state index contributed by atoms with van der Waals surface area (Å²) < 4.78 is 36.7. The Morgan fingerprint density at radius 1 is 1.25 bits per heavy atom. The van der Waals surface area contributed by atoms with Crippen LogP contribution in [0.4, 0.5) is 18.3 Å². The van der Waals surface area contributed by atoms with Gasteiger partial charge in [0.2, 0.25) is 10.1 Å². The maximum Gasteiger partial charge on any atom is 0.445 e. The van der Waals surface area contributed by atoms with E-state index in [1.54, 1.807) is 6.92 Å². The first-order chi connectivity index (χ1) is 7.30. The van der Waals surface area contributed by atoms with Crippen LogP contribution in [-0.2, 0) is 6.18 Å². The average molecular weight is 294 g/mol. The molecule has 0 saturated carbocycles. The molecule has 0 amide bonds. The Bertz CT molecular complexity index is 351. The molecule has 0 unspecified atom stereocenters. The summed E-state index contributed by atoms with van der Waals surface area (Å²) in [7, 11) is 0. The van der Waals surface area contributed by atoms with Gasteiger partial charge in [0, 0.05) is 11.8 Å². The van der Waals surface area contributed by atoms with Crippen molar-refractivity contribution in [3.8, 4) is 0 Å². The molecule has 1 aromatic rings. The van der Waals surface area contributed by atoms with E-state index in [0.29, 0.717) is 11.3 Å². The molecule has 1 aromatic heterocycles. The lowest BCUT2D eigenvalue weighted by Gasteiger charge is -2.24. The molecular formula is C7H8Cl2F3N3S. The summed E-state index contributed by atoms with van der Waals surface area (Å²) in [5, 5.41) is 8.20. The van der Waals surface area contributed by atoms with E-state index in [1.807, 2.05) is 0 Å². The van der Waals surface area contributed by atoms with Crippen LogP contribution in [0.15, 0.2) is 0 Å². The van der Waals surface area contributed by atoms with Crippen molar-refractivity contribution >= 4 is 39.7 Å². The van der Waals surface area contributed by atoms with Crippen LogP contribution in [0.5, 0.6) is 0 Å². The van der Waals surface area contributed by atoms with Crippen LogP contribution in [-0.4, -0.2) is 27.5 Å². The monoisotopic (exact) mass is 293 g/mol. The molecule has 1 heterocycles. The molecule has 9 heteroatoms. The van der Waals surface area contributed by atoms with Crippen molar-refractivity contribution in [2.24, 2.45) is 0 Å². The second-order valence-electron chi connectivity index (χ2n) is 3.36. The SMILES string of the molecule is CC(CCl)(CCl)Nc1nnc(C(F)(F)F)s1. The highest BCUT2D eigenvalue weighted by atomic mass is 35.5. The van der Waals surface area contributed by atoms with Crippen molar-refractivity contribution in [2.75, 3.05) is 17.1 Å². The van der Waals surface area contributed by atoms with Crippen LogP contribution in [0, 0.1) is 0 Å². The molecule has 0 aliphatic carbocycles. The second-order valence-corrected chi connectivity index (χ2v) is 4.88. The quantitative estimate of drug-likeness (QED) is 0.867. The molecule has 0 aromatic carbocycles. The fraction of sp³-hybridized carbons (Fsp3) is 0.714. The third-order valence-corrected chi connectivity index (χ3v) is 3.73. The van der Waals surface area contributed by atoms with E-state index in [4.69, 9.17) is 23.2 Å². The minimum Gasteiger partial charge on any atom is -0.353 e. The predicted molar refractivity (Wildman–Crippen MR) is 58.4 cm³/mol. The first-order valence-electron chi connectivity index (χ1n) is 4.11. The third-order valence-electron chi connectivity index (χ3n) is 1.67. The third kappa shape index (κ3) is 3.36. The van der Waals surface area contributed by atoms with Crippen LogP contribution in [0.25, 0.3) is 0 Å². The molecule has 0 saturated heterocycles. The standard InChI is InChI=1S/C7H8Cl2F3N3S/c1-6(2-8,3-9)13-5-15-14-4(16-5)7(10,11)12/h2-3H2,1H3,(H,13,15). The van der Waals surface area contributed by atoms with Crippen LogP contribution in [0.3, 0.4) is 0 Å². The summed E-state index contributed by atoms with van der Waals surface area (Å²) >= 11 is 11.7. The molecule has 0 radical (unpaired) electrons. The Morgan fingerprint density at radius 2 is 1.81 bits per heavy atom. The summed E-state index contributed by atoms with van der Waals surface area (Å²) in [5.41, 5.74) is -0.703. The molecule has 0 bridgehead atoms. The smallest absolute Gasteiger partial charge is 0.353 e. The Labute approximate surface area is 104 Å². The first-order valence-corrected chi connectivity index (χ1v) is 6.00. The number of hydrogen-bond donors (Lipinski definition) is 1. The second kappa shape index (κ2) is 4.93. The van der Waals surface area contributed by atoms with Gasteiger partial charge in [-0.05, 0) is 6.92 Å². The van der Waals surface area contributed by atoms with Crippen molar-refractivity contribution in [3.05, 3.63) is 5.01 Å². The van der Waals surface area contributed by atoms with Crippen LogP contribution in [0.1, 0.15) is 11.9 Å².